The van der Waals surface area contributed by atoms with Crippen LogP contribution in [0.25, 0.3) is 0 Å². The zero-order chi connectivity index (χ0) is 20.9. The Morgan fingerprint density at radius 1 is 1.17 bits per heavy atom. The number of aryl methyl sites for hydroxylation is 1. The van der Waals surface area contributed by atoms with E-state index in [1.165, 1.54) is 12.1 Å². The molecule has 1 unspecified atom stereocenters. The number of primary amides is 1. The average molecular weight is 398 g/mol. The molecule has 0 saturated carbocycles. The number of likely N-dealkylation sites (tertiary alicyclic amines) is 1. The molecule has 3 rings (SSSR count). The van der Waals surface area contributed by atoms with Gasteiger partial charge in [0.2, 0.25) is 11.8 Å². The molecule has 154 valence electrons. The molecular weight excluding hydrogens is 371 g/mol. The van der Waals surface area contributed by atoms with E-state index in [0.717, 1.165) is 24.0 Å². The lowest BCUT2D eigenvalue weighted by molar-refractivity contribution is -0.136. The normalized spacial score (nSPS) is 19.0. The Morgan fingerprint density at radius 3 is 2.59 bits per heavy atom. The summed E-state index contributed by atoms with van der Waals surface area (Å²) in [6, 6.07) is 13.6. The predicted molar refractivity (Wildman–Crippen MR) is 109 cm³/mol. The Morgan fingerprint density at radius 2 is 1.90 bits per heavy atom. The Labute approximate surface area is 170 Å². The Bertz CT molecular complexity index is 869. The van der Waals surface area contributed by atoms with E-state index in [2.05, 4.69) is 0 Å². The standard InChI is InChI=1S/C23H27FN2O3/c1-17-5-2-3-6-18(17)13-22(28)26-12-4-11-23(15-26,14-21(25)27)16-29-20-9-7-19(24)8-10-20/h2-3,5-10H,4,11-16H2,1H3,(H2,25,27). The van der Waals surface area contributed by atoms with Gasteiger partial charge >= 0.3 is 0 Å². The first-order chi connectivity index (χ1) is 13.9. The third kappa shape index (κ3) is 5.56. The van der Waals surface area contributed by atoms with Gasteiger partial charge in [-0.3, -0.25) is 9.59 Å². The SMILES string of the molecule is Cc1ccccc1CC(=O)N1CCCC(COc2ccc(F)cc2)(CC(N)=O)C1. The second-order valence-electron chi connectivity index (χ2n) is 7.91. The second-order valence-corrected chi connectivity index (χ2v) is 7.91. The van der Waals surface area contributed by atoms with E-state index < -0.39 is 11.3 Å². The van der Waals surface area contributed by atoms with Crippen molar-refractivity contribution in [1.29, 1.82) is 0 Å². The summed E-state index contributed by atoms with van der Waals surface area (Å²) in [5.74, 6) is -0.191. The fourth-order valence-electron chi connectivity index (χ4n) is 3.95. The summed E-state index contributed by atoms with van der Waals surface area (Å²) in [6.07, 6.45) is 1.99. The van der Waals surface area contributed by atoms with Crippen LogP contribution in [0.5, 0.6) is 5.75 Å². The fraction of sp³-hybridized carbons (Fsp3) is 0.391. The van der Waals surface area contributed by atoms with Crippen molar-refractivity contribution < 1.29 is 18.7 Å². The number of nitrogens with two attached hydrogens (primary N) is 1. The molecule has 0 aromatic heterocycles. The molecule has 0 bridgehead atoms. The number of halogens is 1. The number of nitrogens with zero attached hydrogens (tertiary/aromatic N) is 1. The van der Waals surface area contributed by atoms with E-state index in [1.54, 1.807) is 12.1 Å². The molecule has 1 aliphatic heterocycles. The number of benzene rings is 2. The number of ether oxygens (including phenoxy) is 1. The lowest BCUT2D eigenvalue weighted by Gasteiger charge is -2.42. The first kappa shape index (κ1) is 20.8. The molecular formula is C23H27FN2O3. The summed E-state index contributed by atoms with van der Waals surface area (Å²) in [6.45, 7) is 3.31. The van der Waals surface area contributed by atoms with Crippen molar-refractivity contribution in [1.82, 2.24) is 4.90 Å². The molecule has 1 heterocycles. The third-order valence-electron chi connectivity index (χ3n) is 5.52. The number of rotatable bonds is 7. The Balaban J connectivity index is 1.71. The van der Waals surface area contributed by atoms with Gasteiger partial charge in [-0.15, -0.1) is 0 Å². The van der Waals surface area contributed by atoms with Crippen molar-refractivity contribution >= 4 is 11.8 Å². The van der Waals surface area contributed by atoms with Crippen molar-refractivity contribution in [3.8, 4) is 5.75 Å². The molecule has 1 saturated heterocycles. The molecule has 2 N–H and O–H groups in total. The molecule has 6 heteroatoms. The van der Waals surface area contributed by atoms with Gasteiger partial charge in [0.25, 0.3) is 0 Å². The summed E-state index contributed by atoms with van der Waals surface area (Å²) < 4.78 is 19.0. The molecule has 1 fully saturated rings. The van der Waals surface area contributed by atoms with Crippen LogP contribution in [0, 0.1) is 18.2 Å². The maximum absolute atomic E-state index is 13.1. The molecule has 0 spiro atoms. The molecule has 2 aromatic rings. The van der Waals surface area contributed by atoms with Crippen molar-refractivity contribution in [2.24, 2.45) is 11.1 Å². The van der Waals surface area contributed by atoms with Crippen molar-refractivity contribution in [3.05, 3.63) is 65.5 Å². The van der Waals surface area contributed by atoms with Crippen LogP contribution < -0.4 is 10.5 Å². The molecule has 2 aromatic carbocycles. The van der Waals surface area contributed by atoms with Crippen LogP contribution in [0.4, 0.5) is 4.39 Å². The Hall–Kier alpha value is -2.89. The number of amides is 2. The Kier molecular flexibility index (Phi) is 6.52. The molecule has 1 aliphatic rings. The topological polar surface area (TPSA) is 72.6 Å². The van der Waals surface area contributed by atoms with E-state index in [0.29, 0.717) is 25.3 Å². The van der Waals surface area contributed by atoms with Gasteiger partial charge in [0.1, 0.15) is 11.6 Å². The van der Waals surface area contributed by atoms with Gasteiger partial charge in [-0.1, -0.05) is 24.3 Å². The molecule has 5 nitrogen and oxygen atoms in total. The highest BCUT2D eigenvalue weighted by atomic mass is 19.1. The molecule has 1 atom stereocenters. The highest BCUT2D eigenvalue weighted by Crippen LogP contribution is 2.34. The minimum Gasteiger partial charge on any atom is -0.493 e. The molecule has 2 amide bonds. The van der Waals surface area contributed by atoms with Crippen LogP contribution in [-0.2, 0) is 16.0 Å². The number of carbonyl (C=O) groups excluding carboxylic acids is 2. The zero-order valence-corrected chi connectivity index (χ0v) is 16.7. The van der Waals surface area contributed by atoms with Crippen molar-refractivity contribution in [2.45, 2.75) is 32.6 Å². The minimum absolute atomic E-state index is 0.0367. The quantitative estimate of drug-likeness (QED) is 0.778. The molecule has 0 aliphatic carbocycles. The molecule has 29 heavy (non-hydrogen) atoms. The first-order valence-electron chi connectivity index (χ1n) is 9.86. The van der Waals surface area contributed by atoms with Crippen LogP contribution >= 0.6 is 0 Å². The van der Waals surface area contributed by atoms with Gasteiger partial charge in [0.05, 0.1) is 13.0 Å². The van der Waals surface area contributed by atoms with Crippen molar-refractivity contribution in [3.63, 3.8) is 0 Å². The van der Waals surface area contributed by atoms with Crippen LogP contribution in [0.3, 0.4) is 0 Å². The third-order valence-corrected chi connectivity index (χ3v) is 5.52. The maximum atomic E-state index is 13.1. The van der Waals surface area contributed by atoms with Gasteiger partial charge in [0, 0.05) is 24.9 Å². The van der Waals surface area contributed by atoms with E-state index in [4.69, 9.17) is 10.5 Å². The van der Waals surface area contributed by atoms with Crippen LogP contribution in [0.15, 0.2) is 48.5 Å². The van der Waals surface area contributed by atoms with E-state index in [1.807, 2.05) is 36.1 Å². The number of hydrogen-bond donors (Lipinski definition) is 1. The lowest BCUT2D eigenvalue weighted by atomic mass is 9.77. The highest BCUT2D eigenvalue weighted by molar-refractivity contribution is 5.79. The summed E-state index contributed by atoms with van der Waals surface area (Å²) in [5.41, 5.74) is 7.06. The average Bonchev–Trinajstić information content (AvgIpc) is 2.69. The summed E-state index contributed by atoms with van der Waals surface area (Å²) >= 11 is 0. The van der Waals surface area contributed by atoms with Gasteiger partial charge in [0.15, 0.2) is 0 Å². The van der Waals surface area contributed by atoms with E-state index in [9.17, 15) is 14.0 Å². The van der Waals surface area contributed by atoms with Gasteiger partial charge in [-0.2, -0.15) is 0 Å². The van der Waals surface area contributed by atoms with Gasteiger partial charge < -0.3 is 15.4 Å². The number of piperidine rings is 1. The summed E-state index contributed by atoms with van der Waals surface area (Å²) in [5, 5.41) is 0. The van der Waals surface area contributed by atoms with E-state index >= 15 is 0 Å². The summed E-state index contributed by atoms with van der Waals surface area (Å²) in [7, 11) is 0. The predicted octanol–water partition coefficient (Wildman–Crippen LogP) is 3.24. The number of hydrogen-bond acceptors (Lipinski definition) is 3. The van der Waals surface area contributed by atoms with Crippen LogP contribution in [0.2, 0.25) is 0 Å². The second kappa shape index (κ2) is 9.07. The van der Waals surface area contributed by atoms with Gasteiger partial charge in [-0.25, -0.2) is 4.39 Å². The lowest BCUT2D eigenvalue weighted by Crippen LogP contribution is -2.50. The largest absolute Gasteiger partial charge is 0.493 e. The minimum atomic E-state index is -0.542. The zero-order valence-electron chi connectivity index (χ0n) is 16.7. The van der Waals surface area contributed by atoms with E-state index in [-0.39, 0.29) is 24.8 Å². The summed E-state index contributed by atoms with van der Waals surface area (Å²) in [4.78, 5) is 26.5. The number of carbonyl (C=O) groups is 2. The fourth-order valence-corrected chi connectivity index (χ4v) is 3.95. The highest BCUT2D eigenvalue weighted by Gasteiger charge is 2.39. The first-order valence-corrected chi connectivity index (χ1v) is 9.86. The molecule has 0 radical (unpaired) electrons. The maximum Gasteiger partial charge on any atom is 0.227 e. The monoisotopic (exact) mass is 398 g/mol. The van der Waals surface area contributed by atoms with Gasteiger partial charge in [-0.05, 0) is 55.2 Å². The van der Waals surface area contributed by atoms with Crippen molar-refractivity contribution in [2.75, 3.05) is 19.7 Å². The smallest absolute Gasteiger partial charge is 0.227 e. The van der Waals surface area contributed by atoms with Crippen LogP contribution in [0.1, 0.15) is 30.4 Å². The van der Waals surface area contributed by atoms with Crippen LogP contribution in [-0.4, -0.2) is 36.4 Å².